The van der Waals surface area contributed by atoms with E-state index in [1.807, 2.05) is 153 Å². The first-order valence-electron chi connectivity index (χ1n) is 43.8. The summed E-state index contributed by atoms with van der Waals surface area (Å²) in [4.78, 5) is 66.5. The van der Waals surface area contributed by atoms with Gasteiger partial charge in [-0.25, -0.2) is 49.8 Å². The molecule has 4 aliphatic rings. The molecule has 0 amide bonds. The summed E-state index contributed by atoms with van der Waals surface area (Å²) in [6.45, 7) is 21.2. The maximum absolute atomic E-state index is 6.46. The lowest BCUT2D eigenvalue weighted by molar-refractivity contribution is 0.647. The Balaban J connectivity index is 0.0000000989. The van der Waals surface area contributed by atoms with Gasteiger partial charge >= 0.3 is 0 Å². The molecule has 22 nitrogen and oxygen atoms in total. The lowest BCUT2D eigenvalue weighted by Gasteiger charge is -2.30. The molecule has 10 aromatic heterocycles. The molecule has 0 saturated carbocycles. The minimum Gasteiger partial charge on any atom is -0.454 e. The Morgan fingerprint density at radius 2 is 0.446 bits per heavy atom. The van der Waals surface area contributed by atoms with Gasteiger partial charge in [0, 0.05) is 102 Å². The van der Waals surface area contributed by atoms with Gasteiger partial charge in [-0.3, -0.25) is 19.6 Å². The van der Waals surface area contributed by atoms with Gasteiger partial charge < -0.3 is 37.3 Å². The smallest absolute Gasteiger partial charge is 0.227 e. The maximum Gasteiger partial charge on any atom is 0.227 e. The van der Waals surface area contributed by atoms with Crippen LogP contribution in [0.4, 0.5) is 92.0 Å². The van der Waals surface area contributed by atoms with Gasteiger partial charge in [-0.15, -0.1) is 0 Å². The topological polar surface area (TPSA) is 207 Å². The first kappa shape index (κ1) is 78.1. The van der Waals surface area contributed by atoms with Crippen LogP contribution in [0.3, 0.4) is 0 Å². The van der Waals surface area contributed by atoms with Crippen LogP contribution in [0.1, 0.15) is 61.3 Å². The van der Waals surface area contributed by atoms with Crippen LogP contribution in [-0.2, 0) is 0 Å². The molecular formula is C108H86N18O4. The number of aromatic nitrogens is 10. The molecule has 4 aliphatic heterocycles. The number of benzene rings is 12. The number of nitrogens with zero attached hydrogens (tertiary/aromatic N) is 18. The average molecular weight is 1700 g/mol. The highest BCUT2D eigenvalue weighted by atomic mass is 16.4. The normalized spacial score (nSPS) is 15.6. The van der Waals surface area contributed by atoms with Crippen molar-refractivity contribution in [2.45, 2.75) is 93.9 Å². The second-order valence-electron chi connectivity index (χ2n) is 33.4. The van der Waals surface area contributed by atoms with E-state index in [0.717, 1.165) is 224 Å². The summed E-state index contributed by atoms with van der Waals surface area (Å²) in [7, 11) is 0. The summed E-state index contributed by atoms with van der Waals surface area (Å²) in [6, 6.07) is 99.2. The third kappa shape index (κ3) is 12.7. The van der Waals surface area contributed by atoms with Crippen molar-refractivity contribution < 1.29 is 17.7 Å². The zero-order valence-corrected chi connectivity index (χ0v) is 73.0. The highest BCUT2D eigenvalue weighted by Gasteiger charge is 2.45. The molecule has 14 heterocycles. The minimum atomic E-state index is -0.0728. The number of furan rings is 4. The third-order valence-electron chi connectivity index (χ3n) is 25.4. The quantitative estimate of drug-likeness (QED) is 0.139. The fourth-order valence-corrected chi connectivity index (χ4v) is 19.4. The van der Waals surface area contributed by atoms with Crippen LogP contribution >= 0.6 is 0 Å². The van der Waals surface area contributed by atoms with Crippen molar-refractivity contribution in [1.29, 1.82) is 0 Å². The van der Waals surface area contributed by atoms with Crippen molar-refractivity contribution in [2.24, 2.45) is 0 Å². The number of aryl methyl sites for hydroxylation is 6. The molecule has 0 saturated heterocycles. The van der Waals surface area contributed by atoms with Crippen molar-refractivity contribution in [3.63, 3.8) is 0 Å². The zero-order valence-electron chi connectivity index (χ0n) is 73.0. The molecule has 0 aliphatic carbocycles. The largest absolute Gasteiger partial charge is 0.454 e. The van der Waals surface area contributed by atoms with E-state index in [9.17, 15) is 0 Å². The van der Waals surface area contributed by atoms with Crippen LogP contribution in [0.5, 0.6) is 0 Å². The average Bonchev–Trinajstić information content (AvgIpc) is 1.57. The second kappa shape index (κ2) is 31.2. The molecule has 0 fully saturated rings. The van der Waals surface area contributed by atoms with E-state index in [0.29, 0.717) is 11.4 Å². The number of hydrogen-bond donors (Lipinski definition) is 0. The van der Waals surface area contributed by atoms with Crippen molar-refractivity contribution in [1.82, 2.24) is 49.8 Å². The summed E-state index contributed by atoms with van der Waals surface area (Å²) in [6.07, 6.45) is 6.82. The molecule has 4 atom stereocenters. The van der Waals surface area contributed by atoms with E-state index < -0.39 is 0 Å². The lowest BCUT2D eigenvalue weighted by Crippen LogP contribution is -2.36. The first-order chi connectivity index (χ1) is 63.7. The predicted molar refractivity (Wildman–Crippen MR) is 523 cm³/mol. The summed E-state index contributed by atoms with van der Waals surface area (Å²) in [5.74, 6) is 6.69. The highest BCUT2D eigenvalue weighted by molar-refractivity contribution is 6.15. The minimum absolute atomic E-state index is 0.0117. The molecule has 0 bridgehead atoms. The van der Waals surface area contributed by atoms with Crippen LogP contribution in [0.2, 0.25) is 0 Å². The van der Waals surface area contributed by atoms with Crippen molar-refractivity contribution >= 4 is 202 Å². The fraction of sp³-hybridized carbons (Fsp3) is 0.130. The molecule has 0 spiro atoms. The molecule has 12 aromatic carbocycles. The van der Waals surface area contributed by atoms with Gasteiger partial charge in [0.05, 0.1) is 44.8 Å². The summed E-state index contributed by atoms with van der Waals surface area (Å²) in [5.41, 5.74) is 24.8. The van der Waals surface area contributed by atoms with E-state index in [-0.39, 0.29) is 24.7 Å². The Labute approximate surface area is 747 Å². The fourth-order valence-electron chi connectivity index (χ4n) is 19.4. The van der Waals surface area contributed by atoms with Gasteiger partial charge in [-0.05, 0) is 201 Å². The summed E-state index contributed by atoms with van der Waals surface area (Å²) >= 11 is 0. The molecule has 632 valence electrons. The van der Waals surface area contributed by atoms with Gasteiger partial charge in [0.25, 0.3) is 0 Å². The standard InChI is InChI=1S/C29H23N5O.C29H22N4O.C25H21N5O.C25H20N4O/c1-17-13-15-21-22-16-14-18(2)30-29(22)35-26(21)25(17)34-19(3)33(20-9-5-4-6-10-20)27-28(34)32-24-12-8-7-11-23(24)31-27;1-18-16-17-22-21-12-6-9-15-25(21)34-27(22)26(18)33-19(2)32(20-10-4-3-5-11-20)28-29(33)31-24-14-8-7-13-23(24)30-28;1-15-9-11-19-20-12-10-16(2)28-25(20)31-22(19)21(15)30-17(3)29(18-7-5-4-6-8-18)23-24(30)27-14-13-26-23;1-16-12-13-20-19-10-6-7-11-21(19)30-23(20)22(16)29-17(2)28(18-8-4-3-5-9-18)24-25(29)27-15-14-26-24/h4-16,19H,1-3H3;3-17,19H,1-2H3;4-14,17H,1-3H3;3-15,17H,1-2H3/t2*19-;2*17-/m0000/s1. The molecule has 0 N–H and O–H groups in total. The number of rotatable bonds is 8. The third-order valence-corrected chi connectivity index (χ3v) is 25.4. The zero-order chi connectivity index (χ0) is 87.8. The van der Waals surface area contributed by atoms with Gasteiger partial charge in [0.15, 0.2) is 68.9 Å². The Hall–Kier alpha value is -16.6. The van der Waals surface area contributed by atoms with Crippen LogP contribution in [0, 0.1) is 41.5 Å². The second-order valence-corrected chi connectivity index (χ2v) is 33.4. The number of anilines is 16. The monoisotopic (exact) mass is 1700 g/mol. The Kier molecular flexibility index (Phi) is 18.8. The van der Waals surface area contributed by atoms with E-state index in [1.54, 1.807) is 24.8 Å². The van der Waals surface area contributed by atoms with E-state index in [2.05, 4.69) is 266 Å². The van der Waals surface area contributed by atoms with Crippen LogP contribution < -0.4 is 39.2 Å². The molecule has 26 rings (SSSR count). The number of hydrogen-bond acceptors (Lipinski definition) is 22. The first-order valence-corrected chi connectivity index (χ1v) is 43.8. The van der Waals surface area contributed by atoms with E-state index in [1.165, 1.54) is 0 Å². The Morgan fingerprint density at radius 1 is 0.208 bits per heavy atom. The van der Waals surface area contributed by atoms with Gasteiger partial charge in [-0.2, -0.15) is 0 Å². The number of para-hydroxylation sites is 10. The molecule has 22 aromatic rings. The number of fused-ring (bicyclic) bond motifs is 18. The van der Waals surface area contributed by atoms with Gasteiger partial charge in [0.2, 0.25) is 11.4 Å². The van der Waals surface area contributed by atoms with Crippen LogP contribution in [0.25, 0.3) is 110 Å². The van der Waals surface area contributed by atoms with Crippen LogP contribution in [-0.4, -0.2) is 74.5 Å². The molecule has 22 heteroatoms. The predicted octanol–water partition coefficient (Wildman–Crippen LogP) is 27.0. The SMILES string of the molecule is Cc1ccc2c(n1)oc1c(N3c4nc5ccccc5nc4N(c4ccccc4)[C@@H]3C)c(C)ccc12.Cc1ccc2c(n1)oc1c(N3c4nccnc4N(c4ccccc4)[C@@H]3C)c(C)ccc12.Cc1ccc2c(oc3ccccc32)c1N1c2nc3ccccc3nc2N(c2ccccc2)[C@@H]1C.Cc1ccc2c(oc3ccccc32)c1N1c2nccnc2N(c2ccccc2)[C@@H]1C. The van der Waals surface area contributed by atoms with Crippen LogP contribution in [0.15, 0.2) is 334 Å². The Bertz CT molecular complexity index is 8210. The van der Waals surface area contributed by atoms with Crippen molar-refractivity contribution in [3.05, 3.63) is 350 Å². The highest BCUT2D eigenvalue weighted by Crippen LogP contribution is 2.56. The van der Waals surface area contributed by atoms with Gasteiger partial charge in [0.1, 0.15) is 35.8 Å². The van der Waals surface area contributed by atoms with Crippen molar-refractivity contribution in [2.75, 3.05) is 39.2 Å². The van der Waals surface area contributed by atoms with E-state index >= 15 is 0 Å². The molecule has 130 heavy (non-hydrogen) atoms. The summed E-state index contributed by atoms with van der Waals surface area (Å²) in [5, 5.41) is 8.61. The van der Waals surface area contributed by atoms with Gasteiger partial charge in [-0.1, -0.05) is 182 Å². The Morgan fingerprint density at radius 3 is 0.762 bits per heavy atom. The lowest BCUT2D eigenvalue weighted by atomic mass is 10.1. The molecule has 0 radical (unpaired) electrons. The van der Waals surface area contributed by atoms with E-state index in [4.69, 9.17) is 47.6 Å². The molecule has 0 unspecified atom stereocenters. The maximum atomic E-state index is 6.46. The summed E-state index contributed by atoms with van der Waals surface area (Å²) < 4.78 is 25.6. The number of pyridine rings is 2. The molecular weight excluding hydrogens is 1610 g/mol. The van der Waals surface area contributed by atoms with Crippen molar-refractivity contribution in [3.8, 4) is 0 Å².